The molecule has 64 valence electrons. The molecule has 0 bridgehead atoms. The van der Waals surface area contributed by atoms with Crippen LogP contribution in [0.2, 0.25) is 0 Å². The van der Waals surface area contributed by atoms with Gasteiger partial charge >= 0.3 is 5.97 Å². The van der Waals surface area contributed by atoms with Gasteiger partial charge in [-0.05, 0) is 25.0 Å². The SMILES string of the molecule is C=CC(=O)OC1=CCC(CC)=C1. The van der Waals surface area contributed by atoms with Crippen molar-refractivity contribution in [1.29, 1.82) is 0 Å². The summed E-state index contributed by atoms with van der Waals surface area (Å²) in [6, 6.07) is 0. The van der Waals surface area contributed by atoms with Crippen LogP contribution in [0, 0.1) is 0 Å². The first kappa shape index (κ1) is 8.78. The van der Waals surface area contributed by atoms with Crippen LogP contribution in [0.1, 0.15) is 19.8 Å². The van der Waals surface area contributed by atoms with Crippen molar-refractivity contribution in [3.05, 3.63) is 36.1 Å². The zero-order valence-corrected chi connectivity index (χ0v) is 7.17. The summed E-state index contributed by atoms with van der Waals surface area (Å²) in [6.07, 6.45) is 6.88. The van der Waals surface area contributed by atoms with Gasteiger partial charge in [0.25, 0.3) is 0 Å². The van der Waals surface area contributed by atoms with E-state index in [2.05, 4.69) is 13.5 Å². The summed E-state index contributed by atoms with van der Waals surface area (Å²) in [5.74, 6) is 0.256. The Labute approximate surface area is 72.2 Å². The van der Waals surface area contributed by atoms with E-state index in [1.54, 1.807) is 0 Å². The highest BCUT2D eigenvalue weighted by molar-refractivity contribution is 5.82. The summed E-state index contributed by atoms with van der Waals surface area (Å²) >= 11 is 0. The molecule has 0 spiro atoms. The monoisotopic (exact) mass is 164 g/mol. The topological polar surface area (TPSA) is 26.3 Å². The maximum Gasteiger partial charge on any atom is 0.335 e. The molecular weight excluding hydrogens is 152 g/mol. The Balaban J connectivity index is 2.51. The van der Waals surface area contributed by atoms with Gasteiger partial charge in [-0.3, -0.25) is 0 Å². The second kappa shape index (κ2) is 3.90. The van der Waals surface area contributed by atoms with Crippen LogP contribution in [0.3, 0.4) is 0 Å². The zero-order valence-electron chi connectivity index (χ0n) is 7.17. The van der Waals surface area contributed by atoms with E-state index in [0.29, 0.717) is 5.76 Å². The molecule has 0 aromatic heterocycles. The van der Waals surface area contributed by atoms with Gasteiger partial charge in [-0.15, -0.1) is 0 Å². The quantitative estimate of drug-likeness (QED) is 0.472. The third-order valence-corrected chi connectivity index (χ3v) is 1.75. The van der Waals surface area contributed by atoms with Gasteiger partial charge in [0.05, 0.1) is 0 Å². The van der Waals surface area contributed by atoms with Crippen molar-refractivity contribution in [1.82, 2.24) is 0 Å². The number of esters is 1. The molecule has 12 heavy (non-hydrogen) atoms. The lowest BCUT2D eigenvalue weighted by Crippen LogP contribution is -1.96. The number of ether oxygens (including phenoxy) is 1. The smallest absolute Gasteiger partial charge is 0.335 e. The third-order valence-electron chi connectivity index (χ3n) is 1.75. The number of rotatable bonds is 3. The van der Waals surface area contributed by atoms with Crippen LogP contribution in [-0.2, 0) is 9.53 Å². The van der Waals surface area contributed by atoms with E-state index in [-0.39, 0.29) is 0 Å². The van der Waals surface area contributed by atoms with E-state index in [1.165, 1.54) is 11.6 Å². The number of carbonyl (C=O) groups excluding carboxylic acids is 1. The van der Waals surface area contributed by atoms with Gasteiger partial charge in [-0.2, -0.15) is 0 Å². The molecule has 0 aromatic rings. The van der Waals surface area contributed by atoms with Crippen LogP contribution in [-0.4, -0.2) is 5.97 Å². The second-order valence-electron chi connectivity index (χ2n) is 2.59. The molecule has 0 aliphatic heterocycles. The van der Waals surface area contributed by atoms with Crippen molar-refractivity contribution in [3.63, 3.8) is 0 Å². The lowest BCUT2D eigenvalue weighted by atomic mass is 10.2. The van der Waals surface area contributed by atoms with E-state index < -0.39 is 5.97 Å². The first-order valence-corrected chi connectivity index (χ1v) is 4.00. The van der Waals surface area contributed by atoms with Crippen molar-refractivity contribution < 1.29 is 9.53 Å². The highest BCUT2D eigenvalue weighted by Crippen LogP contribution is 2.20. The highest BCUT2D eigenvalue weighted by Gasteiger charge is 2.07. The minimum atomic E-state index is -0.394. The summed E-state index contributed by atoms with van der Waals surface area (Å²) in [5.41, 5.74) is 1.29. The molecule has 0 heterocycles. The molecular formula is C10H12O2. The van der Waals surface area contributed by atoms with E-state index in [1.807, 2.05) is 12.2 Å². The van der Waals surface area contributed by atoms with Crippen LogP contribution in [0.4, 0.5) is 0 Å². The molecule has 0 N–H and O–H groups in total. The van der Waals surface area contributed by atoms with Gasteiger partial charge < -0.3 is 4.74 Å². The summed E-state index contributed by atoms with van der Waals surface area (Å²) in [4.78, 5) is 10.8. The van der Waals surface area contributed by atoms with Gasteiger partial charge in [0.15, 0.2) is 0 Å². The summed E-state index contributed by atoms with van der Waals surface area (Å²) < 4.78 is 4.92. The average molecular weight is 164 g/mol. The molecule has 0 unspecified atom stereocenters. The summed E-state index contributed by atoms with van der Waals surface area (Å²) in [7, 11) is 0. The average Bonchev–Trinajstić information content (AvgIpc) is 2.52. The van der Waals surface area contributed by atoms with Gasteiger partial charge in [0.2, 0.25) is 0 Å². The fraction of sp³-hybridized carbons (Fsp3) is 0.300. The molecule has 0 radical (unpaired) electrons. The molecule has 0 atom stereocenters. The molecule has 1 aliphatic rings. The molecule has 0 aromatic carbocycles. The van der Waals surface area contributed by atoms with Crippen molar-refractivity contribution in [2.75, 3.05) is 0 Å². The first-order valence-electron chi connectivity index (χ1n) is 4.00. The van der Waals surface area contributed by atoms with E-state index in [0.717, 1.165) is 12.8 Å². The fourth-order valence-corrected chi connectivity index (χ4v) is 1.03. The van der Waals surface area contributed by atoms with Crippen LogP contribution in [0.15, 0.2) is 36.1 Å². The Bertz CT molecular complexity index is 259. The summed E-state index contributed by atoms with van der Waals surface area (Å²) in [5, 5.41) is 0. The predicted octanol–water partition coefficient (Wildman–Crippen LogP) is 2.34. The van der Waals surface area contributed by atoms with Crippen LogP contribution in [0.5, 0.6) is 0 Å². The van der Waals surface area contributed by atoms with E-state index in [9.17, 15) is 4.79 Å². The zero-order chi connectivity index (χ0) is 8.97. The van der Waals surface area contributed by atoms with E-state index >= 15 is 0 Å². The Hall–Kier alpha value is -1.31. The Morgan fingerprint density at radius 1 is 1.83 bits per heavy atom. The van der Waals surface area contributed by atoms with Gasteiger partial charge in [0.1, 0.15) is 5.76 Å². The molecule has 1 aliphatic carbocycles. The summed E-state index contributed by atoms with van der Waals surface area (Å²) in [6.45, 7) is 5.40. The van der Waals surface area contributed by atoms with Crippen LogP contribution in [0.25, 0.3) is 0 Å². The molecule has 0 saturated carbocycles. The molecule has 0 saturated heterocycles. The lowest BCUT2D eigenvalue weighted by Gasteiger charge is -1.97. The van der Waals surface area contributed by atoms with Crippen molar-refractivity contribution in [2.24, 2.45) is 0 Å². The third kappa shape index (κ3) is 2.09. The maximum atomic E-state index is 10.8. The normalized spacial score (nSPS) is 15.1. The number of hydrogen-bond acceptors (Lipinski definition) is 2. The second-order valence-corrected chi connectivity index (χ2v) is 2.59. The molecule has 0 fully saturated rings. The van der Waals surface area contributed by atoms with E-state index in [4.69, 9.17) is 4.74 Å². The standard InChI is InChI=1S/C10H12O2/c1-3-8-5-6-9(7-8)12-10(11)4-2/h4,6-7H,2-3,5H2,1H3. The largest absolute Gasteiger partial charge is 0.424 e. The Morgan fingerprint density at radius 3 is 3.08 bits per heavy atom. The minimum absolute atomic E-state index is 0.394. The van der Waals surface area contributed by atoms with Crippen molar-refractivity contribution in [3.8, 4) is 0 Å². The molecule has 2 nitrogen and oxygen atoms in total. The molecule has 2 heteroatoms. The Morgan fingerprint density at radius 2 is 2.58 bits per heavy atom. The van der Waals surface area contributed by atoms with Crippen molar-refractivity contribution >= 4 is 5.97 Å². The lowest BCUT2D eigenvalue weighted by molar-refractivity contribution is -0.133. The molecule has 0 amide bonds. The van der Waals surface area contributed by atoms with Gasteiger partial charge in [-0.25, -0.2) is 4.79 Å². The maximum absolute atomic E-state index is 10.8. The van der Waals surface area contributed by atoms with Crippen LogP contribution >= 0.6 is 0 Å². The highest BCUT2D eigenvalue weighted by atomic mass is 16.5. The minimum Gasteiger partial charge on any atom is -0.424 e. The number of carbonyl (C=O) groups is 1. The van der Waals surface area contributed by atoms with Gasteiger partial charge in [0, 0.05) is 6.08 Å². The Kier molecular flexibility index (Phi) is 2.86. The van der Waals surface area contributed by atoms with Crippen molar-refractivity contribution in [2.45, 2.75) is 19.8 Å². The fourth-order valence-electron chi connectivity index (χ4n) is 1.03. The number of hydrogen-bond donors (Lipinski definition) is 0. The number of allylic oxidation sites excluding steroid dienone is 3. The predicted molar refractivity (Wildman–Crippen MR) is 47.4 cm³/mol. The van der Waals surface area contributed by atoms with Gasteiger partial charge in [-0.1, -0.05) is 19.1 Å². The first-order chi connectivity index (χ1) is 5.76. The molecule has 1 rings (SSSR count). The van der Waals surface area contributed by atoms with Crippen LogP contribution < -0.4 is 0 Å².